The van der Waals surface area contributed by atoms with E-state index in [1.54, 1.807) is 0 Å². The van der Waals surface area contributed by atoms with Crippen molar-refractivity contribution in [1.29, 1.82) is 0 Å². The number of piperidine rings is 1. The van der Waals surface area contributed by atoms with Gasteiger partial charge in [0.25, 0.3) is 5.91 Å². The van der Waals surface area contributed by atoms with Gasteiger partial charge in [-0.15, -0.1) is 0 Å². The van der Waals surface area contributed by atoms with Crippen LogP contribution >= 0.6 is 0 Å². The first-order chi connectivity index (χ1) is 11.1. The number of aromatic amines is 1. The highest BCUT2D eigenvalue weighted by Crippen LogP contribution is 2.16. The third-order valence-electron chi connectivity index (χ3n) is 4.52. The minimum absolute atomic E-state index is 0.0482. The number of hydrogen-bond acceptors (Lipinski definition) is 3. The number of aliphatic hydroxyl groups is 1. The number of H-pyrrole nitrogens is 1. The molecule has 5 nitrogen and oxygen atoms in total. The van der Waals surface area contributed by atoms with Crippen molar-refractivity contribution in [1.82, 2.24) is 15.2 Å². The Morgan fingerprint density at radius 2 is 2.13 bits per heavy atom. The first-order valence-corrected chi connectivity index (χ1v) is 8.40. The summed E-state index contributed by atoms with van der Waals surface area (Å²) in [7, 11) is 0. The summed E-state index contributed by atoms with van der Waals surface area (Å²) in [6.45, 7) is 5.59. The molecular formula is C18H25N3O2. The van der Waals surface area contributed by atoms with Gasteiger partial charge in [0, 0.05) is 30.5 Å². The molecular weight excluding hydrogens is 290 g/mol. The maximum absolute atomic E-state index is 12.2. The van der Waals surface area contributed by atoms with Gasteiger partial charge in [-0.25, -0.2) is 0 Å². The second-order valence-corrected chi connectivity index (χ2v) is 6.46. The van der Waals surface area contributed by atoms with Gasteiger partial charge in [-0.1, -0.05) is 12.1 Å². The van der Waals surface area contributed by atoms with Crippen LogP contribution in [0.2, 0.25) is 0 Å². The van der Waals surface area contributed by atoms with E-state index in [1.807, 2.05) is 25.1 Å². The fourth-order valence-electron chi connectivity index (χ4n) is 3.11. The van der Waals surface area contributed by atoms with Crippen LogP contribution in [0, 0.1) is 6.92 Å². The number of likely N-dealkylation sites (tertiary alicyclic amines) is 1. The molecule has 0 saturated carbocycles. The van der Waals surface area contributed by atoms with Gasteiger partial charge >= 0.3 is 0 Å². The van der Waals surface area contributed by atoms with E-state index in [4.69, 9.17) is 0 Å². The lowest BCUT2D eigenvalue weighted by atomic mass is 10.1. The SMILES string of the molecule is Cc1ccc2cc(C(=O)NCCCN3CCC(O)CC3)[nH]c2c1. The molecule has 1 aliphatic heterocycles. The summed E-state index contributed by atoms with van der Waals surface area (Å²) >= 11 is 0. The molecule has 23 heavy (non-hydrogen) atoms. The van der Waals surface area contributed by atoms with Crippen LogP contribution in [0.3, 0.4) is 0 Å². The Morgan fingerprint density at radius 3 is 2.91 bits per heavy atom. The highest BCUT2D eigenvalue weighted by atomic mass is 16.3. The number of fused-ring (bicyclic) bond motifs is 1. The lowest BCUT2D eigenvalue weighted by Gasteiger charge is -2.29. The van der Waals surface area contributed by atoms with Crippen molar-refractivity contribution < 1.29 is 9.90 Å². The van der Waals surface area contributed by atoms with Crippen molar-refractivity contribution >= 4 is 16.8 Å². The van der Waals surface area contributed by atoms with Crippen molar-refractivity contribution in [2.75, 3.05) is 26.2 Å². The summed E-state index contributed by atoms with van der Waals surface area (Å²) in [6, 6.07) is 8.03. The fourth-order valence-corrected chi connectivity index (χ4v) is 3.11. The van der Waals surface area contributed by atoms with Crippen LogP contribution in [0.5, 0.6) is 0 Å². The van der Waals surface area contributed by atoms with E-state index in [2.05, 4.69) is 21.3 Å². The summed E-state index contributed by atoms with van der Waals surface area (Å²) in [5.74, 6) is -0.0482. The second-order valence-electron chi connectivity index (χ2n) is 6.46. The van der Waals surface area contributed by atoms with Gasteiger partial charge < -0.3 is 20.3 Å². The third-order valence-corrected chi connectivity index (χ3v) is 4.52. The van der Waals surface area contributed by atoms with Crippen LogP contribution in [0.4, 0.5) is 0 Å². The predicted molar refractivity (Wildman–Crippen MR) is 91.7 cm³/mol. The predicted octanol–water partition coefficient (Wildman–Crippen LogP) is 2.05. The average Bonchev–Trinajstić information content (AvgIpc) is 2.96. The lowest BCUT2D eigenvalue weighted by molar-refractivity contribution is 0.0816. The van der Waals surface area contributed by atoms with Crippen LogP contribution in [-0.4, -0.2) is 53.2 Å². The molecule has 1 aliphatic rings. The molecule has 0 atom stereocenters. The molecule has 2 aromatic rings. The number of amides is 1. The van der Waals surface area contributed by atoms with E-state index >= 15 is 0 Å². The number of nitrogens with zero attached hydrogens (tertiary/aromatic N) is 1. The van der Waals surface area contributed by atoms with Gasteiger partial charge in [0.15, 0.2) is 0 Å². The number of rotatable bonds is 5. The third kappa shape index (κ3) is 4.12. The largest absolute Gasteiger partial charge is 0.393 e. The van der Waals surface area contributed by atoms with Crippen molar-refractivity contribution in [3.8, 4) is 0 Å². The molecule has 0 unspecified atom stereocenters. The molecule has 0 aliphatic carbocycles. The molecule has 1 amide bonds. The number of aromatic nitrogens is 1. The number of hydrogen-bond donors (Lipinski definition) is 3. The average molecular weight is 315 g/mol. The van der Waals surface area contributed by atoms with Crippen LogP contribution in [0.15, 0.2) is 24.3 Å². The summed E-state index contributed by atoms with van der Waals surface area (Å²) in [5, 5.41) is 13.5. The minimum Gasteiger partial charge on any atom is -0.393 e. The number of carbonyl (C=O) groups excluding carboxylic acids is 1. The number of benzene rings is 1. The Balaban J connectivity index is 1.45. The lowest BCUT2D eigenvalue weighted by Crippen LogP contribution is -2.37. The minimum atomic E-state index is -0.128. The highest BCUT2D eigenvalue weighted by Gasteiger charge is 2.16. The Kier molecular flexibility index (Phi) is 4.98. The quantitative estimate of drug-likeness (QED) is 0.740. The highest BCUT2D eigenvalue weighted by molar-refractivity contribution is 5.98. The first-order valence-electron chi connectivity index (χ1n) is 8.40. The van der Waals surface area contributed by atoms with E-state index in [0.717, 1.165) is 49.8 Å². The van der Waals surface area contributed by atoms with Crippen molar-refractivity contribution in [2.45, 2.75) is 32.3 Å². The second kappa shape index (κ2) is 7.15. The van der Waals surface area contributed by atoms with Gasteiger partial charge in [0.2, 0.25) is 0 Å². The maximum Gasteiger partial charge on any atom is 0.267 e. The fraction of sp³-hybridized carbons (Fsp3) is 0.500. The zero-order chi connectivity index (χ0) is 16.2. The maximum atomic E-state index is 12.2. The first kappa shape index (κ1) is 16.0. The van der Waals surface area contributed by atoms with Crippen LogP contribution < -0.4 is 5.32 Å². The van der Waals surface area contributed by atoms with Crippen LogP contribution in [-0.2, 0) is 0 Å². The van der Waals surface area contributed by atoms with E-state index in [1.165, 1.54) is 5.56 Å². The normalized spacial score (nSPS) is 16.8. The van der Waals surface area contributed by atoms with E-state index in [-0.39, 0.29) is 12.0 Å². The van der Waals surface area contributed by atoms with Crippen molar-refractivity contribution in [3.05, 3.63) is 35.5 Å². The molecule has 2 heterocycles. The smallest absolute Gasteiger partial charge is 0.267 e. The Labute approximate surface area is 136 Å². The molecule has 3 rings (SSSR count). The van der Waals surface area contributed by atoms with Crippen LogP contribution in [0.1, 0.15) is 35.3 Å². The number of aryl methyl sites for hydroxylation is 1. The van der Waals surface area contributed by atoms with E-state index in [9.17, 15) is 9.90 Å². The molecule has 1 aromatic heterocycles. The van der Waals surface area contributed by atoms with Crippen LogP contribution in [0.25, 0.3) is 10.9 Å². The molecule has 1 saturated heterocycles. The van der Waals surface area contributed by atoms with Crippen molar-refractivity contribution in [3.63, 3.8) is 0 Å². The monoisotopic (exact) mass is 315 g/mol. The summed E-state index contributed by atoms with van der Waals surface area (Å²) in [6.07, 6.45) is 2.53. The number of aliphatic hydroxyl groups excluding tert-OH is 1. The molecule has 3 N–H and O–H groups in total. The number of nitrogens with one attached hydrogen (secondary N) is 2. The topological polar surface area (TPSA) is 68.4 Å². The zero-order valence-corrected chi connectivity index (χ0v) is 13.6. The van der Waals surface area contributed by atoms with Gasteiger partial charge in [-0.3, -0.25) is 4.79 Å². The molecule has 1 aromatic carbocycles. The van der Waals surface area contributed by atoms with E-state index in [0.29, 0.717) is 12.2 Å². The molecule has 1 fully saturated rings. The molecule has 0 spiro atoms. The van der Waals surface area contributed by atoms with Gasteiger partial charge in [-0.05, 0) is 50.4 Å². The Morgan fingerprint density at radius 1 is 1.35 bits per heavy atom. The van der Waals surface area contributed by atoms with E-state index < -0.39 is 0 Å². The van der Waals surface area contributed by atoms with Gasteiger partial charge in [0.05, 0.1) is 6.10 Å². The molecule has 0 bridgehead atoms. The summed E-state index contributed by atoms with van der Waals surface area (Å²) < 4.78 is 0. The standard InChI is InChI=1S/C18H25N3O2/c1-13-3-4-14-12-17(20-16(14)11-13)18(23)19-7-2-8-21-9-5-15(22)6-10-21/h3-4,11-12,15,20,22H,2,5-10H2,1H3,(H,19,23). The molecule has 0 radical (unpaired) electrons. The van der Waals surface area contributed by atoms with Gasteiger partial charge in [-0.2, -0.15) is 0 Å². The number of carbonyl (C=O) groups is 1. The zero-order valence-electron chi connectivity index (χ0n) is 13.6. The Hall–Kier alpha value is -1.85. The van der Waals surface area contributed by atoms with Crippen molar-refractivity contribution in [2.24, 2.45) is 0 Å². The summed E-state index contributed by atoms with van der Waals surface area (Å²) in [5.41, 5.74) is 2.80. The molecule has 5 heteroatoms. The van der Waals surface area contributed by atoms with Gasteiger partial charge in [0.1, 0.15) is 5.69 Å². The Bertz CT molecular complexity index is 672. The summed E-state index contributed by atoms with van der Waals surface area (Å²) in [4.78, 5) is 17.7. The molecule has 124 valence electrons.